The van der Waals surface area contributed by atoms with Gasteiger partial charge in [0.1, 0.15) is 0 Å². The third-order valence-corrected chi connectivity index (χ3v) is 4.78. The summed E-state index contributed by atoms with van der Waals surface area (Å²) in [7, 11) is 0. The van der Waals surface area contributed by atoms with Crippen LogP contribution in [-0.4, -0.2) is 16.4 Å². The Morgan fingerprint density at radius 1 is 1.07 bits per heavy atom. The zero-order chi connectivity index (χ0) is 18.8. The molecule has 0 saturated heterocycles. The first-order valence-corrected chi connectivity index (χ1v) is 9.14. The highest BCUT2D eigenvalue weighted by Crippen LogP contribution is 2.28. The molecule has 4 rings (SSSR count). The number of aromatic nitrogens is 2. The predicted molar refractivity (Wildman–Crippen MR) is 104 cm³/mol. The lowest BCUT2D eigenvalue weighted by Gasteiger charge is -2.07. The van der Waals surface area contributed by atoms with E-state index in [1.807, 2.05) is 42.6 Å². The number of benzene rings is 2. The van der Waals surface area contributed by atoms with Crippen LogP contribution in [0.5, 0.6) is 0 Å². The number of hydrogen-bond donors (Lipinski definition) is 0. The Morgan fingerprint density at radius 3 is 2.56 bits per heavy atom. The molecule has 0 spiro atoms. The topological polar surface area (TPSA) is 75.1 Å². The minimum Gasteiger partial charge on any atom is -0.416 e. The van der Waals surface area contributed by atoms with Gasteiger partial charge >= 0.3 is 0 Å². The average molecular weight is 356 g/mol. The molecule has 27 heavy (non-hydrogen) atoms. The summed E-state index contributed by atoms with van der Waals surface area (Å²) in [5.41, 5.74) is 5.66. The van der Waals surface area contributed by atoms with E-state index < -0.39 is 0 Å². The van der Waals surface area contributed by atoms with Crippen LogP contribution in [0.1, 0.15) is 42.5 Å². The molecule has 0 saturated carbocycles. The molecule has 1 aliphatic heterocycles. The van der Waals surface area contributed by atoms with Gasteiger partial charge in [0.2, 0.25) is 11.8 Å². The van der Waals surface area contributed by atoms with Gasteiger partial charge in [0.25, 0.3) is 0 Å². The van der Waals surface area contributed by atoms with Crippen molar-refractivity contribution in [2.24, 2.45) is 10.9 Å². The molecule has 134 valence electrons. The van der Waals surface area contributed by atoms with Gasteiger partial charge < -0.3 is 4.42 Å². The number of nitriles is 1. The van der Waals surface area contributed by atoms with Crippen molar-refractivity contribution in [3.05, 3.63) is 58.7 Å². The highest BCUT2D eigenvalue weighted by molar-refractivity contribution is 5.86. The second-order valence-corrected chi connectivity index (χ2v) is 7.21. The Bertz CT molecular complexity index is 1060. The zero-order valence-electron chi connectivity index (χ0n) is 15.4. The van der Waals surface area contributed by atoms with Gasteiger partial charge in [-0.15, -0.1) is 10.2 Å². The molecule has 0 N–H and O–H groups in total. The van der Waals surface area contributed by atoms with Crippen LogP contribution < -0.4 is 0 Å². The number of rotatable bonds is 5. The minimum atomic E-state index is 0.422. The van der Waals surface area contributed by atoms with Crippen LogP contribution >= 0.6 is 0 Å². The molecule has 0 amide bonds. The molecular weight excluding hydrogens is 336 g/mol. The Balaban J connectivity index is 1.61. The smallest absolute Gasteiger partial charge is 0.248 e. The molecule has 0 radical (unpaired) electrons. The van der Waals surface area contributed by atoms with E-state index in [1.54, 1.807) is 0 Å². The minimum absolute atomic E-state index is 0.422. The summed E-state index contributed by atoms with van der Waals surface area (Å²) in [6, 6.07) is 14.1. The normalized spacial score (nSPS) is 12.4. The van der Waals surface area contributed by atoms with Gasteiger partial charge in [0.05, 0.1) is 18.2 Å². The fourth-order valence-corrected chi connectivity index (χ4v) is 3.17. The Labute approximate surface area is 158 Å². The third kappa shape index (κ3) is 3.52. The molecule has 1 aromatic heterocycles. The van der Waals surface area contributed by atoms with Crippen molar-refractivity contribution >= 4 is 6.21 Å². The first kappa shape index (κ1) is 17.2. The number of fused-ring (bicyclic) bond motifs is 1. The van der Waals surface area contributed by atoms with Crippen molar-refractivity contribution in [2.45, 2.75) is 33.2 Å². The van der Waals surface area contributed by atoms with Gasteiger partial charge in [-0.05, 0) is 59.7 Å². The van der Waals surface area contributed by atoms with E-state index in [4.69, 9.17) is 4.42 Å². The number of aryl methyl sites for hydroxylation is 1. The van der Waals surface area contributed by atoms with Crippen molar-refractivity contribution in [2.75, 3.05) is 0 Å². The molecule has 0 aliphatic carbocycles. The molecule has 5 heteroatoms. The standard InChI is InChI=1S/C22H20N4O/c1-14(2)3-4-15-5-6-16(9-19(15)11-23)21-25-26-22(27-21)17-7-8-18-12-24-13-20(18)10-17/h5-10,13-14H,3-4,12H2,1-2H3. The number of nitrogens with zero attached hydrogens (tertiary/aromatic N) is 4. The lowest BCUT2D eigenvalue weighted by Crippen LogP contribution is -1.95. The van der Waals surface area contributed by atoms with Crippen LogP contribution in [0.3, 0.4) is 0 Å². The number of aliphatic imine (C=N–C) groups is 1. The Kier molecular flexibility index (Phi) is 4.55. The van der Waals surface area contributed by atoms with Gasteiger partial charge in [0, 0.05) is 17.3 Å². The second kappa shape index (κ2) is 7.16. The van der Waals surface area contributed by atoms with Gasteiger partial charge in [-0.2, -0.15) is 5.26 Å². The predicted octanol–water partition coefficient (Wildman–Crippen LogP) is 4.80. The van der Waals surface area contributed by atoms with Gasteiger partial charge in [-0.25, -0.2) is 0 Å². The molecule has 0 fully saturated rings. The molecule has 5 nitrogen and oxygen atoms in total. The van der Waals surface area contributed by atoms with Gasteiger partial charge in [-0.3, -0.25) is 4.99 Å². The maximum atomic E-state index is 9.50. The van der Waals surface area contributed by atoms with Crippen LogP contribution in [0.15, 0.2) is 45.8 Å². The monoisotopic (exact) mass is 356 g/mol. The second-order valence-electron chi connectivity index (χ2n) is 7.21. The maximum absolute atomic E-state index is 9.50. The summed E-state index contributed by atoms with van der Waals surface area (Å²) in [5, 5.41) is 17.9. The van der Waals surface area contributed by atoms with E-state index in [0.29, 0.717) is 23.3 Å². The summed E-state index contributed by atoms with van der Waals surface area (Å²) in [6.45, 7) is 5.10. The van der Waals surface area contributed by atoms with Crippen molar-refractivity contribution in [1.29, 1.82) is 5.26 Å². The molecule has 2 aromatic carbocycles. The first-order chi connectivity index (χ1) is 13.1. The Hall–Kier alpha value is -3.26. The molecular formula is C22H20N4O. The third-order valence-electron chi connectivity index (χ3n) is 4.78. The van der Waals surface area contributed by atoms with E-state index in [-0.39, 0.29) is 0 Å². The molecule has 1 aliphatic rings. The van der Waals surface area contributed by atoms with E-state index in [9.17, 15) is 5.26 Å². The van der Waals surface area contributed by atoms with Crippen molar-refractivity contribution in [1.82, 2.24) is 10.2 Å². The van der Waals surface area contributed by atoms with Crippen molar-refractivity contribution < 1.29 is 4.42 Å². The zero-order valence-corrected chi connectivity index (χ0v) is 15.4. The average Bonchev–Trinajstić information content (AvgIpc) is 3.34. The van der Waals surface area contributed by atoms with E-state index in [1.165, 1.54) is 5.56 Å². The van der Waals surface area contributed by atoms with Crippen LogP contribution in [0, 0.1) is 17.2 Å². The van der Waals surface area contributed by atoms with E-state index >= 15 is 0 Å². The van der Waals surface area contributed by atoms with Crippen LogP contribution in [0.25, 0.3) is 22.9 Å². The summed E-state index contributed by atoms with van der Waals surface area (Å²) >= 11 is 0. The van der Waals surface area contributed by atoms with Gasteiger partial charge in [-0.1, -0.05) is 26.0 Å². The number of hydrogen-bond acceptors (Lipinski definition) is 5. The van der Waals surface area contributed by atoms with E-state index in [0.717, 1.165) is 41.6 Å². The molecule has 0 atom stereocenters. The van der Waals surface area contributed by atoms with Gasteiger partial charge in [0.15, 0.2) is 0 Å². The lowest BCUT2D eigenvalue weighted by molar-refractivity contribution is 0.583. The summed E-state index contributed by atoms with van der Waals surface area (Å²) in [5.74, 6) is 1.49. The molecule has 2 heterocycles. The molecule has 3 aromatic rings. The molecule has 0 unspecified atom stereocenters. The van der Waals surface area contributed by atoms with E-state index in [2.05, 4.69) is 35.1 Å². The largest absolute Gasteiger partial charge is 0.416 e. The van der Waals surface area contributed by atoms with Crippen LogP contribution in [0.4, 0.5) is 0 Å². The lowest BCUT2D eigenvalue weighted by atomic mass is 9.97. The quantitative estimate of drug-likeness (QED) is 0.658. The summed E-state index contributed by atoms with van der Waals surface area (Å²) < 4.78 is 5.88. The highest BCUT2D eigenvalue weighted by atomic mass is 16.4. The summed E-state index contributed by atoms with van der Waals surface area (Å²) in [6.07, 6.45) is 3.82. The maximum Gasteiger partial charge on any atom is 0.248 e. The fourth-order valence-electron chi connectivity index (χ4n) is 3.17. The van der Waals surface area contributed by atoms with Crippen LogP contribution in [-0.2, 0) is 13.0 Å². The van der Waals surface area contributed by atoms with Crippen LogP contribution in [0.2, 0.25) is 0 Å². The molecule has 0 bridgehead atoms. The van der Waals surface area contributed by atoms with Crippen molar-refractivity contribution in [3.63, 3.8) is 0 Å². The SMILES string of the molecule is CC(C)CCc1ccc(-c2nnc(-c3ccc4c(c3)C=NC4)o2)cc1C#N. The Morgan fingerprint density at radius 2 is 1.81 bits per heavy atom. The fraction of sp³-hybridized carbons (Fsp3) is 0.273. The highest BCUT2D eigenvalue weighted by Gasteiger charge is 2.15. The first-order valence-electron chi connectivity index (χ1n) is 9.14. The van der Waals surface area contributed by atoms with Crippen molar-refractivity contribution in [3.8, 4) is 29.0 Å². The summed E-state index contributed by atoms with van der Waals surface area (Å²) in [4.78, 5) is 4.27.